The van der Waals surface area contributed by atoms with Crippen molar-refractivity contribution in [2.45, 2.75) is 9.24 Å². The molecule has 1 aromatic carbocycles. The summed E-state index contributed by atoms with van der Waals surface area (Å²) in [7, 11) is -3.64. The van der Waals surface area contributed by atoms with Gasteiger partial charge in [-0.2, -0.15) is 0 Å². The van der Waals surface area contributed by atoms with Crippen molar-refractivity contribution in [2.75, 3.05) is 0 Å². The molecule has 0 amide bonds. The summed E-state index contributed by atoms with van der Waals surface area (Å²) in [6.07, 6.45) is 0. The molecule has 0 aliphatic carbocycles. The van der Waals surface area contributed by atoms with Gasteiger partial charge in [-0.25, -0.2) is 13.6 Å². The molecule has 16 heavy (non-hydrogen) atoms. The monoisotopic (exact) mass is 273 g/mol. The van der Waals surface area contributed by atoms with E-state index in [1.54, 1.807) is 12.1 Å². The molecular formula is C8H7N3O2S3. The van der Waals surface area contributed by atoms with Gasteiger partial charge in [0.2, 0.25) is 10.0 Å². The second kappa shape index (κ2) is 4.13. The third-order valence-electron chi connectivity index (χ3n) is 1.84. The first-order valence-corrected chi connectivity index (χ1v) is 6.93. The van der Waals surface area contributed by atoms with Crippen LogP contribution in [0.3, 0.4) is 0 Å². The second-order valence-electron chi connectivity index (χ2n) is 2.96. The number of sulfonamides is 1. The zero-order valence-corrected chi connectivity index (χ0v) is 10.4. The van der Waals surface area contributed by atoms with Gasteiger partial charge in [0.05, 0.1) is 4.90 Å². The number of hydrogen-bond acceptors (Lipinski definition) is 6. The zero-order valence-electron chi connectivity index (χ0n) is 7.86. The summed E-state index contributed by atoms with van der Waals surface area (Å²) >= 11 is 5.37. The van der Waals surface area contributed by atoms with Gasteiger partial charge in [0.1, 0.15) is 5.01 Å². The van der Waals surface area contributed by atoms with Crippen LogP contribution in [0.4, 0.5) is 0 Å². The summed E-state index contributed by atoms with van der Waals surface area (Å²) in [5.74, 6) is 0. The standard InChI is InChI=1S/C8H7N3O2S3/c9-16(12,13)6-3-1-5(2-4-6)7-10-11-8(14)15-7/h1-4H,(H,11,14)(H2,9,12,13). The summed E-state index contributed by atoms with van der Waals surface area (Å²) < 4.78 is 22.6. The Morgan fingerprint density at radius 3 is 2.25 bits per heavy atom. The number of thiol groups is 1. The van der Waals surface area contributed by atoms with Gasteiger partial charge >= 0.3 is 0 Å². The Kier molecular flexibility index (Phi) is 2.98. The van der Waals surface area contributed by atoms with E-state index in [0.29, 0.717) is 9.35 Å². The lowest BCUT2D eigenvalue weighted by molar-refractivity contribution is 0.598. The Hall–Kier alpha value is -0.960. The molecule has 84 valence electrons. The number of aromatic nitrogens is 2. The van der Waals surface area contributed by atoms with Crippen LogP contribution in [0.1, 0.15) is 0 Å². The highest BCUT2D eigenvalue weighted by molar-refractivity contribution is 7.89. The molecule has 0 atom stereocenters. The van der Waals surface area contributed by atoms with Crippen LogP contribution in [0.15, 0.2) is 33.5 Å². The number of nitrogens with two attached hydrogens (primary N) is 1. The molecule has 0 fully saturated rings. The molecule has 2 N–H and O–H groups in total. The van der Waals surface area contributed by atoms with Crippen LogP contribution in [-0.4, -0.2) is 18.6 Å². The third kappa shape index (κ3) is 2.40. The Balaban J connectivity index is 2.40. The summed E-state index contributed by atoms with van der Waals surface area (Å²) in [5.41, 5.74) is 0.783. The zero-order chi connectivity index (χ0) is 11.8. The maximum atomic E-state index is 11.0. The normalized spacial score (nSPS) is 11.6. The van der Waals surface area contributed by atoms with E-state index in [1.165, 1.54) is 23.5 Å². The van der Waals surface area contributed by atoms with Crippen molar-refractivity contribution in [3.8, 4) is 10.6 Å². The molecule has 0 saturated carbocycles. The quantitative estimate of drug-likeness (QED) is 0.803. The van der Waals surface area contributed by atoms with Crippen molar-refractivity contribution in [1.82, 2.24) is 10.2 Å². The average molecular weight is 273 g/mol. The molecule has 1 aromatic heterocycles. The summed E-state index contributed by atoms with van der Waals surface area (Å²) in [6.45, 7) is 0. The van der Waals surface area contributed by atoms with E-state index in [0.717, 1.165) is 5.56 Å². The largest absolute Gasteiger partial charge is 0.238 e. The predicted molar refractivity (Wildman–Crippen MR) is 64.0 cm³/mol. The minimum atomic E-state index is -3.64. The molecule has 0 radical (unpaired) electrons. The smallest absolute Gasteiger partial charge is 0.225 e. The van der Waals surface area contributed by atoms with Gasteiger partial charge in [-0.15, -0.1) is 22.8 Å². The fourth-order valence-electron chi connectivity index (χ4n) is 1.12. The van der Waals surface area contributed by atoms with E-state index in [2.05, 4.69) is 22.8 Å². The van der Waals surface area contributed by atoms with Crippen molar-refractivity contribution < 1.29 is 8.42 Å². The van der Waals surface area contributed by atoms with Gasteiger partial charge in [0.15, 0.2) is 4.34 Å². The van der Waals surface area contributed by atoms with Crippen LogP contribution in [-0.2, 0) is 10.0 Å². The van der Waals surface area contributed by atoms with Gasteiger partial charge in [-0.05, 0) is 12.1 Å². The molecule has 0 aliphatic heterocycles. The Morgan fingerprint density at radius 2 is 1.81 bits per heavy atom. The van der Waals surface area contributed by atoms with Gasteiger partial charge in [-0.3, -0.25) is 0 Å². The molecular weight excluding hydrogens is 266 g/mol. The van der Waals surface area contributed by atoms with Crippen LogP contribution in [0.5, 0.6) is 0 Å². The van der Waals surface area contributed by atoms with Crippen molar-refractivity contribution in [3.05, 3.63) is 24.3 Å². The van der Waals surface area contributed by atoms with Gasteiger partial charge in [0.25, 0.3) is 0 Å². The van der Waals surface area contributed by atoms with Crippen LogP contribution < -0.4 is 5.14 Å². The summed E-state index contributed by atoms with van der Waals surface area (Å²) in [4.78, 5) is 0.0758. The Bertz CT molecular complexity index is 604. The molecule has 5 nitrogen and oxygen atoms in total. The minimum Gasteiger partial charge on any atom is -0.225 e. The van der Waals surface area contributed by atoms with E-state index in [9.17, 15) is 8.42 Å². The van der Waals surface area contributed by atoms with Crippen molar-refractivity contribution in [1.29, 1.82) is 0 Å². The van der Waals surface area contributed by atoms with Gasteiger partial charge in [-0.1, -0.05) is 23.5 Å². The molecule has 0 saturated heterocycles. The number of benzene rings is 1. The second-order valence-corrected chi connectivity index (χ2v) is 6.22. The van der Waals surface area contributed by atoms with Crippen molar-refractivity contribution in [3.63, 3.8) is 0 Å². The third-order valence-corrected chi connectivity index (χ3v) is 3.91. The average Bonchev–Trinajstić information content (AvgIpc) is 2.64. The van der Waals surface area contributed by atoms with Crippen molar-refractivity contribution >= 4 is 34.0 Å². The Morgan fingerprint density at radius 1 is 1.19 bits per heavy atom. The van der Waals surface area contributed by atoms with Gasteiger partial charge < -0.3 is 0 Å². The molecule has 0 aliphatic rings. The highest BCUT2D eigenvalue weighted by atomic mass is 32.2. The first kappa shape index (κ1) is 11.5. The number of hydrogen-bond donors (Lipinski definition) is 2. The molecule has 2 aromatic rings. The van der Waals surface area contributed by atoms with Crippen LogP contribution in [0, 0.1) is 0 Å². The topological polar surface area (TPSA) is 85.9 Å². The maximum absolute atomic E-state index is 11.0. The lowest BCUT2D eigenvalue weighted by Gasteiger charge is -1.98. The lowest BCUT2D eigenvalue weighted by Crippen LogP contribution is -2.11. The number of primary sulfonamides is 1. The number of nitrogens with zero attached hydrogens (tertiary/aromatic N) is 2. The highest BCUT2D eigenvalue weighted by Gasteiger charge is 2.09. The lowest BCUT2D eigenvalue weighted by atomic mass is 10.2. The van der Waals surface area contributed by atoms with Crippen molar-refractivity contribution in [2.24, 2.45) is 5.14 Å². The summed E-state index contributed by atoms with van der Waals surface area (Å²) in [6, 6.07) is 6.13. The summed E-state index contributed by atoms with van der Waals surface area (Å²) in [5, 5.41) is 13.3. The molecule has 0 unspecified atom stereocenters. The maximum Gasteiger partial charge on any atom is 0.238 e. The molecule has 0 spiro atoms. The highest BCUT2D eigenvalue weighted by Crippen LogP contribution is 2.25. The van der Waals surface area contributed by atoms with E-state index in [4.69, 9.17) is 5.14 Å². The van der Waals surface area contributed by atoms with E-state index < -0.39 is 10.0 Å². The first-order valence-electron chi connectivity index (χ1n) is 4.12. The molecule has 2 rings (SSSR count). The minimum absolute atomic E-state index is 0.0758. The van der Waals surface area contributed by atoms with E-state index >= 15 is 0 Å². The van der Waals surface area contributed by atoms with Crippen LogP contribution in [0.2, 0.25) is 0 Å². The molecule has 1 heterocycles. The molecule has 8 heteroatoms. The Labute approximate surface area is 102 Å². The predicted octanol–water partition coefficient (Wildman–Crippen LogP) is 1.14. The van der Waals surface area contributed by atoms with E-state index in [1.807, 2.05) is 0 Å². The SMILES string of the molecule is NS(=O)(=O)c1ccc(-c2nnc(S)s2)cc1. The van der Waals surface area contributed by atoms with Gasteiger partial charge in [0, 0.05) is 5.56 Å². The first-order chi connectivity index (χ1) is 7.47. The fourth-order valence-corrected chi connectivity index (χ4v) is 2.53. The number of rotatable bonds is 2. The fraction of sp³-hybridized carbons (Fsp3) is 0. The molecule has 0 bridgehead atoms. The van der Waals surface area contributed by atoms with E-state index in [-0.39, 0.29) is 4.90 Å². The van der Waals surface area contributed by atoms with Crippen LogP contribution in [0.25, 0.3) is 10.6 Å². The van der Waals surface area contributed by atoms with Crippen LogP contribution >= 0.6 is 24.0 Å².